The lowest BCUT2D eigenvalue weighted by Gasteiger charge is -2.36. The summed E-state index contributed by atoms with van der Waals surface area (Å²) in [5.41, 5.74) is 7.56. The van der Waals surface area contributed by atoms with Crippen molar-refractivity contribution in [1.82, 2.24) is 29.4 Å². The minimum Gasteiger partial charge on any atom is -0.494 e. The van der Waals surface area contributed by atoms with Crippen molar-refractivity contribution in [3.8, 4) is 5.75 Å². The van der Waals surface area contributed by atoms with Gasteiger partial charge in [0, 0.05) is 36.7 Å². The molecular weight excluding hydrogens is 439 g/mol. The lowest BCUT2D eigenvalue weighted by molar-refractivity contribution is -0.0498. The average Bonchev–Trinajstić information content (AvgIpc) is 3.46. The lowest BCUT2D eigenvalue weighted by Crippen LogP contribution is -2.41. The van der Waals surface area contributed by atoms with Gasteiger partial charge in [-0.1, -0.05) is 0 Å². The Kier molecular flexibility index (Phi) is 4.83. The molecule has 0 unspecified atom stereocenters. The Labute approximate surface area is 195 Å². The lowest BCUT2D eigenvalue weighted by atomic mass is 9.80. The van der Waals surface area contributed by atoms with Crippen molar-refractivity contribution < 1.29 is 14.2 Å². The highest BCUT2D eigenvalue weighted by molar-refractivity contribution is 5.93. The number of benzene rings is 1. The number of aromatic nitrogens is 6. The molecule has 1 aromatic carbocycles. The second-order valence-electron chi connectivity index (χ2n) is 9.44. The van der Waals surface area contributed by atoms with Crippen molar-refractivity contribution in [2.24, 2.45) is 0 Å². The molecule has 1 aliphatic carbocycles. The topological polar surface area (TPSA) is 120 Å². The number of piperidine rings is 1. The van der Waals surface area contributed by atoms with Crippen LogP contribution >= 0.6 is 0 Å². The maximum Gasteiger partial charge on any atom is 0.223 e. The van der Waals surface area contributed by atoms with Crippen LogP contribution in [0.4, 0.5) is 16.0 Å². The first-order valence-electron chi connectivity index (χ1n) is 11.6. The third-order valence-electron chi connectivity index (χ3n) is 7.10. The molecule has 3 N–H and O–H groups in total. The minimum atomic E-state index is -0.617. The second kappa shape index (κ2) is 7.79. The normalized spacial score (nSPS) is 20.1. The number of rotatable bonds is 5. The molecule has 10 nitrogen and oxygen atoms in total. The van der Waals surface area contributed by atoms with E-state index < -0.39 is 11.4 Å². The summed E-state index contributed by atoms with van der Waals surface area (Å²) in [7, 11) is 1.41. The van der Waals surface area contributed by atoms with Gasteiger partial charge in [0.2, 0.25) is 5.95 Å². The monoisotopic (exact) mass is 466 g/mol. The van der Waals surface area contributed by atoms with E-state index in [0.29, 0.717) is 28.9 Å². The van der Waals surface area contributed by atoms with Crippen LogP contribution in [-0.2, 0) is 6.54 Å². The van der Waals surface area contributed by atoms with Gasteiger partial charge in [-0.15, -0.1) is 5.10 Å². The highest BCUT2D eigenvalue weighted by Gasteiger charge is 2.35. The summed E-state index contributed by atoms with van der Waals surface area (Å²) < 4.78 is 22.8. The molecule has 1 saturated carbocycles. The number of nitrogen functional groups attached to an aromatic ring is 1. The Bertz CT molecular complexity index is 1380. The van der Waals surface area contributed by atoms with E-state index >= 15 is 0 Å². The van der Waals surface area contributed by atoms with Gasteiger partial charge in [-0.3, -0.25) is 4.68 Å². The zero-order valence-electron chi connectivity index (χ0n) is 19.0. The van der Waals surface area contributed by atoms with Crippen LogP contribution in [-0.4, -0.2) is 60.3 Å². The summed E-state index contributed by atoms with van der Waals surface area (Å²) in [5, 5.41) is 20.1. The van der Waals surface area contributed by atoms with Crippen molar-refractivity contribution in [1.29, 1.82) is 0 Å². The Morgan fingerprint density at radius 3 is 2.88 bits per heavy atom. The number of fused-ring (bicyclic) bond motifs is 3. The van der Waals surface area contributed by atoms with Crippen LogP contribution in [0.5, 0.6) is 5.75 Å². The van der Waals surface area contributed by atoms with Gasteiger partial charge in [0.1, 0.15) is 0 Å². The van der Waals surface area contributed by atoms with Gasteiger partial charge in [0.05, 0.1) is 36.7 Å². The number of halogens is 1. The Hall–Kier alpha value is -3.47. The third-order valence-corrected chi connectivity index (χ3v) is 7.10. The number of aliphatic hydroxyl groups is 1. The van der Waals surface area contributed by atoms with Crippen LogP contribution in [0.1, 0.15) is 43.8 Å². The zero-order chi connectivity index (χ0) is 23.4. The summed E-state index contributed by atoms with van der Waals surface area (Å²) in [4.78, 5) is 11.4. The number of nitrogens with zero attached hydrogens (tertiary/aromatic N) is 7. The molecule has 0 bridgehead atoms. The van der Waals surface area contributed by atoms with Crippen molar-refractivity contribution in [3.05, 3.63) is 36.2 Å². The molecule has 1 saturated heterocycles. The van der Waals surface area contributed by atoms with Crippen LogP contribution in [0.2, 0.25) is 0 Å². The molecule has 34 heavy (non-hydrogen) atoms. The summed E-state index contributed by atoms with van der Waals surface area (Å²) in [5.74, 6) is 0.568. The predicted molar refractivity (Wildman–Crippen MR) is 124 cm³/mol. The van der Waals surface area contributed by atoms with Crippen LogP contribution in [0.15, 0.2) is 24.5 Å². The number of methoxy groups -OCH3 is 1. The maximum atomic E-state index is 14.4. The van der Waals surface area contributed by atoms with Gasteiger partial charge >= 0.3 is 0 Å². The van der Waals surface area contributed by atoms with E-state index in [2.05, 4.69) is 20.1 Å². The highest BCUT2D eigenvalue weighted by atomic mass is 19.1. The minimum absolute atomic E-state index is 0.0883. The van der Waals surface area contributed by atoms with E-state index in [0.717, 1.165) is 50.9 Å². The average molecular weight is 467 g/mol. The standard InChI is InChI=1S/C23H27FN8O2/c1-34-19-9-18-16(8-17(19)24)21-28-20(29-32(21)22(25)27-18)14-4-2-7-30(11-14)15-10-26-31(12-15)13-23(33)5-3-6-23/h8-10,12,14,33H,2-7,11,13H2,1H3,(H2,25,27)/t14-/m1/s1. The molecule has 4 heterocycles. The second-order valence-corrected chi connectivity index (χ2v) is 9.44. The SMILES string of the molecule is COc1cc2nc(N)n3nc([C@@H]4CCCN(c5cnn(CC6(O)CCC6)c5)C4)nc3c2cc1F. The fourth-order valence-electron chi connectivity index (χ4n) is 5.05. The van der Waals surface area contributed by atoms with Crippen LogP contribution in [0.25, 0.3) is 16.6 Å². The largest absolute Gasteiger partial charge is 0.494 e. The fraction of sp³-hybridized carbons (Fsp3) is 0.478. The number of ether oxygens (including phenoxy) is 1. The van der Waals surface area contributed by atoms with Crippen LogP contribution < -0.4 is 15.4 Å². The van der Waals surface area contributed by atoms with E-state index in [-0.39, 0.29) is 17.6 Å². The van der Waals surface area contributed by atoms with Crippen molar-refractivity contribution in [3.63, 3.8) is 0 Å². The Balaban J connectivity index is 1.28. The summed E-state index contributed by atoms with van der Waals surface area (Å²) in [6.07, 6.45) is 8.51. The quantitative estimate of drug-likeness (QED) is 0.460. The molecule has 1 atom stereocenters. The maximum absolute atomic E-state index is 14.4. The summed E-state index contributed by atoms with van der Waals surface area (Å²) >= 11 is 0. The first-order chi connectivity index (χ1) is 16.4. The number of hydrogen-bond donors (Lipinski definition) is 2. The zero-order valence-corrected chi connectivity index (χ0v) is 19.0. The molecule has 178 valence electrons. The number of nitrogens with two attached hydrogens (primary N) is 1. The van der Waals surface area contributed by atoms with Crippen LogP contribution in [0, 0.1) is 5.82 Å². The molecule has 2 fully saturated rings. The fourth-order valence-corrected chi connectivity index (χ4v) is 5.05. The van der Waals surface area contributed by atoms with E-state index in [1.54, 1.807) is 0 Å². The molecule has 6 rings (SSSR count). The molecule has 0 radical (unpaired) electrons. The number of anilines is 2. The van der Waals surface area contributed by atoms with Gasteiger partial charge in [-0.2, -0.15) is 9.61 Å². The molecule has 1 aliphatic heterocycles. The Morgan fingerprint density at radius 1 is 1.26 bits per heavy atom. The Morgan fingerprint density at radius 2 is 2.12 bits per heavy atom. The van der Waals surface area contributed by atoms with Gasteiger partial charge in [0.15, 0.2) is 23.0 Å². The van der Waals surface area contributed by atoms with Gasteiger partial charge in [-0.05, 0) is 38.2 Å². The van der Waals surface area contributed by atoms with Crippen molar-refractivity contribution in [2.75, 3.05) is 30.8 Å². The van der Waals surface area contributed by atoms with E-state index in [1.165, 1.54) is 23.8 Å². The third kappa shape index (κ3) is 3.51. The van der Waals surface area contributed by atoms with E-state index in [1.807, 2.05) is 17.1 Å². The smallest absolute Gasteiger partial charge is 0.223 e. The first kappa shape index (κ1) is 21.1. The highest BCUT2D eigenvalue weighted by Crippen LogP contribution is 2.34. The molecule has 0 spiro atoms. The van der Waals surface area contributed by atoms with Gasteiger partial charge < -0.3 is 20.5 Å². The van der Waals surface area contributed by atoms with Crippen molar-refractivity contribution in [2.45, 2.75) is 50.2 Å². The van der Waals surface area contributed by atoms with Gasteiger partial charge in [-0.25, -0.2) is 14.4 Å². The first-order valence-corrected chi connectivity index (χ1v) is 11.6. The predicted octanol–water partition coefficient (Wildman–Crippen LogP) is 2.50. The van der Waals surface area contributed by atoms with E-state index in [4.69, 9.17) is 15.5 Å². The molecule has 4 aromatic rings. The van der Waals surface area contributed by atoms with Crippen LogP contribution in [0.3, 0.4) is 0 Å². The molecule has 3 aromatic heterocycles. The molecule has 2 aliphatic rings. The van der Waals surface area contributed by atoms with E-state index in [9.17, 15) is 9.50 Å². The van der Waals surface area contributed by atoms with Crippen molar-refractivity contribution >= 4 is 28.2 Å². The van der Waals surface area contributed by atoms with Gasteiger partial charge in [0.25, 0.3) is 0 Å². The summed E-state index contributed by atoms with van der Waals surface area (Å²) in [6, 6.07) is 2.89. The molecule has 11 heteroatoms. The number of hydrogen-bond acceptors (Lipinski definition) is 8. The summed E-state index contributed by atoms with van der Waals surface area (Å²) in [6.45, 7) is 2.18. The molecule has 0 amide bonds. The molecular formula is C23H27FN8O2.